The molecule has 0 radical (unpaired) electrons. The Hall–Kier alpha value is -6.06. The van der Waals surface area contributed by atoms with Gasteiger partial charge < -0.3 is 14.4 Å². The Kier molecular flexibility index (Phi) is 11.0. The van der Waals surface area contributed by atoms with Crippen LogP contribution in [-0.2, 0) is 5.41 Å². The molecule has 0 aliphatic heterocycles. The number of nitrogens with zero attached hydrogens (tertiary/aromatic N) is 1. The number of ether oxygens (including phenoxy) is 2. The Morgan fingerprint density at radius 3 is 0.843 bits per heavy atom. The van der Waals surface area contributed by atoms with Crippen LogP contribution < -0.4 is 14.4 Å². The molecule has 6 rings (SSSR count). The van der Waals surface area contributed by atoms with Gasteiger partial charge in [-0.05, 0) is 105 Å². The minimum absolute atomic E-state index is 0.169. The van der Waals surface area contributed by atoms with E-state index in [0.717, 1.165) is 45.3 Å². The molecule has 0 amide bonds. The highest BCUT2D eigenvalue weighted by molar-refractivity contribution is 5.79. The van der Waals surface area contributed by atoms with Crippen molar-refractivity contribution in [2.24, 2.45) is 0 Å². The normalized spacial score (nSPS) is 11.8. The molecule has 0 fully saturated rings. The minimum atomic E-state index is 0.169. The largest absolute Gasteiger partial charge is 0.497 e. The summed E-state index contributed by atoms with van der Waals surface area (Å²) in [6, 6.07) is 50.9. The van der Waals surface area contributed by atoms with E-state index in [1.807, 2.05) is 24.3 Å². The highest BCUT2D eigenvalue weighted by atomic mass is 16.5. The van der Waals surface area contributed by atoms with E-state index < -0.39 is 0 Å². The summed E-state index contributed by atoms with van der Waals surface area (Å²) in [5.41, 5.74) is 11.7. The maximum Gasteiger partial charge on any atom is 0.119 e. The summed E-state index contributed by atoms with van der Waals surface area (Å²) in [6.07, 6.45) is 13.0. The average Bonchev–Trinajstić information content (AvgIpc) is 3.17. The lowest BCUT2D eigenvalue weighted by Gasteiger charge is -2.26. The van der Waals surface area contributed by atoms with Crippen molar-refractivity contribution in [1.29, 1.82) is 0 Å². The molecule has 0 bridgehead atoms. The Morgan fingerprint density at radius 2 is 0.588 bits per heavy atom. The van der Waals surface area contributed by atoms with Gasteiger partial charge in [0.15, 0.2) is 0 Å². The second-order valence-electron chi connectivity index (χ2n) is 13.5. The maximum absolute atomic E-state index is 5.39. The number of hydrogen-bond acceptors (Lipinski definition) is 3. The number of benzene rings is 6. The Labute approximate surface area is 303 Å². The van der Waals surface area contributed by atoms with E-state index in [2.05, 4.69) is 183 Å². The zero-order valence-electron chi connectivity index (χ0n) is 30.1. The van der Waals surface area contributed by atoms with Crippen molar-refractivity contribution in [1.82, 2.24) is 0 Å². The molecule has 51 heavy (non-hydrogen) atoms. The third kappa shape index (κ3) is 9.35. The van der Waals surface area contributed by atoms with Gasteiger partial charge in [0.05, 0.1) is 14.2 Å². The smallest absolute Gasteiger partial charge is 0.119 e. The molecule has 254 valence electrons. The van der Waals surface area contributed by atoms with Crippen LogP contribution in [0.15, 0.2) is 146 Å². The van der Waals surface area contributed by atoms with Gasteiger partial charge in [0.25, 0.3) is 0 Å². The van der Waals surface area contributed by atoms with E-state index in [1.54, 1.807) is 14.2 Å². The molecule has 6 aromatic rings. The second kappa shape index (κ2) is 16.1. The van der Waals surface area contributed by atoms with Gasteiger partial charge in [0.2, 0.25) is 0 Å². The molecule has 3 nitrogen and oxygen atoms in total. The summed E-state index contributed by atoms with van der Waals surface area (Å²) in [4.78, 5) is 2.22. The summed E-state index contributed by atoms with van der Waals surface area (Å²) >= 11 is 0. The quantitative estimate of drug-likeness (QED) is 0.128. The Bertz CT molecular complexity index is 2030. The fourth-order valence-electron chi connectivity index (χ4n) is 5.75. The summed E-state index contributed by atoms with van der Waals surface area (Å²) in [6.45, 7) is 6.73. The van der Waals surface area contributed by atoms with Gasteiger partial charge in [-0.3, -0.25) is 0 Å². The van der Waals surface area contributed by atoms with E-state index in [0.29, 0.717) is 0 Å². The second-order valence-corrected chi connectivity index (χ2v) is 13.5. The maximum atomic E-state index is 5.39. The van der Waals surface area contributed by atoms with Crippen LogP contribution in [0, 0.1) is 0 Å². The first-order chi connectivity index (χ1) is 24.8. The van der Waals surface area contributed by atoms with Gasteiger partial charge in [-0.1, -0.05) is 142 Å². The first kappa shape index (κ1) is 34.8. The molecular formula is C48H45NO2. The van der Waals surface area contributed by atoms with Gasteiger partial charge in [0.1, 0.15) is 11.5 Å². The monoisotopic (exact) mass is 667 g/mol. The fraction of sp³-hybridized carbons (Fsp3) is 0.125. The molecule has 0 N–H and O–H groups in total. The summed E-state index contributed by atoms with van der Waals surface area (Å²) < 4.78 is 10.8. The molecule has 0 aliphatic rings. The van der Waals surface area contributed by atoms with Crippen LogP contribution in [0.4, 0.5) is 17.1 Å². The molecule has 3 heteroatoms. The van der Waals surface area contributed by atoms with Gasteiger partial charge in [-0.15, -0.1) is 0 Å². The van der Waals surface area contributed by atoms with E-state index >= 15 is 0 Å². The zero-order chi connectivity index (χ0) is 35.6. The lowest BCUT2D eigenvalue weighted by atomic mass is 9.87. The summed E-state index contributed by atoms with van der Waals surface area (Å²) in [5, 5.41) is 0. The SMILES string of the molecule is COc1ccc(N(c2ccc(/C=C/c3ccc(/C=C/c4ccc(/C=C/c5ccc(C(C)(C)C)cc5)cc4)cc3)cc2)c2ccc(OC)cc2)cc1. The van der Waals surface area contributed by atoms with E-state index in [1.165, 1.54) is 22.3 Å². The summed E-state index contributed by atoms with van der Waals surface area (Å²) in [5.74, 6) is 1.65. The topological polar surface area (TPSA) is 21.7 Å². The molecule has 0 saturated carbocycles. The first-order valence-electron chi connectivity index (χ1n) is 17.3. The van der Waals surface area contributed by atoms with Crippen LogP contribution >= 0.6 is 0 Å². The van der Waals surface area contributed by atoms with E-state index in [-0.39, 0.29) is 5.41 Å². The van der Waals surface area contributed by atoms with Crippen molar-refractivity contribution in [2.45, 2.75) is 26.2 Å². The molecule has 6 aromatic carbocycles. The molecule has 0 unspecified atom stereocenters. The van der Waals surface area contributed by atoms with Gasteiger partial charge in [-0.25, -0.2) is 0 Å². The third-order valence-electron chi connectivity index (χ3n) is 8.87. The van der Waals surface area contributed by atoms with Gasteiger partial charge >= 0.3 is 0 Å². The first-order valence-corrected chi connectivity index (χ1v) is 17.3. The van der Waals surface area contributed by atoms with Crippen molar-refractivity contribution in [3.8, 4) is 11.5 Å². The fourth-order valence-corrected chi connectivity index (χ4v) is 5.75. The molecule has 0 atom stereocenters. The summed E-state index contributed by atoms with van der Waals surface area (Å²) in [7, 11) is 3.37. The molecule has 0 saturated heterocycles. The highest BCUT2D eigenvalue weighted by Crippen LogP contribution is 2.36. The Morgan fingerprint density at radius 1 is 0.353 bits per heavy atom. The van der Waals surface area contributed by atoms with Crippen molar-refractivity contribution < 1.29 is 9.47 Å². The predicted molar refractivity (Wildman–Crippen MR) is 219 cm³/mol. The Balaban J connectivity index is 1.07. The van der Waals surface area contributed by atoms with Crippen LogP contribution in [0.2, 0.25) is 0 Å². The van der Waals surface area contributed by atoms with E-state index in [9.17, 15) is 0 Å². The standard InChI is InChI=1S/C48H45NO2/c1-48(2,3)42-24-20-40(21-25-42)18-16-38-12-8-36(9-13-38)6-7-37-10-14-39(15-11-37)17-19-41-22-26-43(27-23-41)49(44-28-32-46(50-4)33-29-44)45-30-34-47(51-5)35-31-45/h6-35H,1-5H3/b7-6+,18-16+,19-17+. The lowest BCUT2D eigenvalue weighted by molar-refractivity contribution is 0.415. The van der Waals surface area contributed by atoms with Crippen molar-refractivity contribution >= 4 is 53.5 Å². The van der Waals surface area contributed by atoms with Crippen molar-refractivity contribution in [3.63, 3.8) is 0 Å². The predicted octanol–water partition coefficient (Wildman–Crippen LogP) is 13.0. The van der Waals surface area contributed by atoms with Crippen LogP contribution in [0.25, 0.3) is 36.5 Å². The number of hydrogen-bond donors (Lipinski definition) is 0. The van der Waals surface area contributed by atoms with Gasteiger partial charge in [0, 0.05) is 17.1 Å². The van der Waals surface area contributed by atoms with Crippen LogP contribution in [0.3, 0.4) is 0 Å². The van der Waals surface area contributed by atoms with Crippen molar-refractivity contribution in [2.75, 3.05) is 19.1 Å². The van der Waals surface area contributed by atoms with Crippen LogP contribution in [0.5, 0.6) is 11.5 Å². The van der Waals surface area contributed by atoms with Crippen molar-refractivity contribution in [3.05, 3.63) is 185 Å². The third-order valence-corrected chi connectivity index (χ3v) is 8.87. The number of anilines is 3. The highest BCUT2D eigenvalue weighted by Gasteiger charge is 2.14. The molecular weight excluding hydrogens is 623 g/mol. The van der Waals surface area contributed by atoms with Crippen LogP contribution in [0.1, 0.15) is 59.7 Å². The van der Waals surface area contributed by atoms with E-state index in [4.69, 9.17) is 9.47 Å². The number of methoxy groups -OCH3 is 2. The average molecular weight is 668 g/mol. The van der Waals surface area contributed by atoms with Crippen LogP contribution in [-0.4, -0.2) is 14.2 Å². The molecule has 0 aromatic heterocycles. The molecule has 0 heterocycles. The molecule has 0 aliphatic carbocycles. The number of rotatable bonds is 11. The minimum Gasteiger partial charge on any atom is -0.497 e. The lowest BCUT2D eigenvalue weighted by Crippen LogP contribution is -2.10. The molecule has 0 spiro atoms. The van der Waals surface area contributed by atoms with Gasteiger partial charge in [-0.2, -0.15) is 0 Å². The zero-order valence-corrected chi connectivity index (χ0v) is 30.1.